The largest absolute Gasteiger partial charge is 0.349 e. The molecule has 3 heteroatoms. The van der Waals surface area contributed by atoms with Gasteiger partial charge in [-0.1, -0.05) is 17.7 Å². The van der Waals surface area contributed by atoms with Crippen molar-refractivity contribution in [2.24, 2.45) is 0 Å². The second kappa shape index (κ2) is 4.91. The van der Waals surface area contributed by atoms with Crippen LogP contribution in [0.1, 0.15) is 28.7 Å². The van der Waals surface area contributed by atoms with Crippen LogP contribution in [0, 0.1) is 20.8 Å². The minimum absolute atomic E-state index is 0.0846. The molecule has 82 valence electrons. The molecule has 0 amide bonds. The maximum Gasteiger partial charge on any atom is 0.349 e. The first-order valence-electron chi connectivity index (χ1n) is 4.92. The fourth-order valence-corrected chi connectivity index (χ4v) is 1.87. The monoisotopic (exact) mass is 210 g/mol. The molecule has 0 fully saturated rings. The summed E-state index contributed by atoms with van der Waals surface area (Å²) in [4.78, 5) is 13.8. The van der Waals surface area contributed by atoms with E-state index in [9.17, 15) is 9.32 Å². The summed E-state index contributed by atoms with van der Waals surface area (Å²) in [5.74, 6) is -0.811. The summed E-state index contributed by atoms with van der Waals surface area (Å²) in [6, 6.07) is 4.12. The van der Waals surface area contributed by atoms with E-state index in [0.29, 0.717) is 6.42 Å². The average Bonchev–Trinajstić information content (AvgIpc) is 2.15. The molecule has 0 atom stereocenters. The van der Waals surface area contributed by atoms with E-state index in [4.69, 9.17) is 0 Å². The van der Waals surface area contributed by atoms with Gasteiger partial charge in [0.1, 0.15) is 0 Å². The summed E-state index contributed by atoms with van der Waals surface area (Å²) >= 11 is 0. The van der Waals surface area contributed by atoms with Crippen molar-refractivity contribution in [3.8, 4) is 0 Å². The number of hydrogen-bond acceptors (Lipinski definition) is 2. The lowest BCUT2D eigenvalue weighted by Crippen LogP contribution is -2.02. The molecule has 1 aromatic carbocycles. The van der Waals surface area contributed by atoms with Crippen LogP contribution in [0.2, 0.25) is 0 Å². The van der Waals surface area contributed by atoms with Gasteiger partial charge in [0.15, 0.2) is 0 Å². The van der Waals surface area contributed by atoms with Crippen LogP contribution in [0.15, 0.2) is 12.1 Å². The van der Waals surface area contributed by atoms with Crippen LogP contribution in [0.25, 0.3) is 0 Å². The van der Waals surface area contributed by atoms with E-state index in [1.54, 1.807) is 0 Å². The Labute approximate surface area is 89.0 Å². The topological polar surface area (TPSA) is 26.3 Å². The first-order chi connectivity index (χ1) is 7.04. The number of halogens is 1. The summed E-state index contributed by atoms with van der Waals surface area (Å²) in [7, 11) is 0. The lowest BCUT2D eigenvalue weighted by Gasteiger charge is -2.09. The number of hydrogen-bond donors (Lipinski definition) is 0. The van der Waals surface area contributed by atoms with Gasteiger partial charge in [-0.3, -0.25) is 4.94 Å². The van der Waals surface area contributed by atoms with Gasteiger partial charge in [-0.25, -0.2) is 4.79 Å². The predicted octanol–water partition coefficient (Wildman–Crippen LogP) is 2.97. The van der Waals surface area contributed by atoms with Crippen molar-refractivity contribution in [1.29, 1.82) is 0 Å². The highest BCUT2D eigenvalue weighted by atomic mass is 19.3. The Hall–Kier alpha value is -1.38. The molecule has 1 rings (SSSR count). The number of rotatable bonds is 3. The van der Waals surface area contributed by atoms with E-state index in [-0.39, 0.29) is 6.42 Å². The molecular formula is C12H15FO2. The molecule has 0 spiro atoms. The summed E-state index contributed by atoms with van der Waals surface area (Å²) < 4.78 is 11.5. The van der Waals surface area contributed by atoms with Crippen molar-refractivity contribution in [2.45, 2.75) is 33.6 Å². The van der Waals surface area contributed by atoms with E-state index in [1.807, 2.05) is 20.8 Å². The Morgan fingerprint density at radius 3 is 2.27 bits per heavy atom. The first-order valence-corrected chi connectivity index (χ1v) is 4.92. The van der Waals surface area contributed by atoms with Crippen molar-refractivity contribution in [3.05, 3.63) is 34.4 Å². The highest BCUT2D eigenvalue weighted by Gasteiger charge is 2.08. The molecule has 0 heterocycles. The summed E-state index contributed by atoms with van der Waals surface area (Å²) in [5, 5.41) is 0. The van der Waals surface area contributed by atoms with E-state index < -0.39 is 5.97 Å². The molecule has 0 saturated carbocycles. The maximum absolute atomic E-state index is 11.5. The van der Waals surface area contributed by atoms with Crippen LogP contribution >= 0.6 is 0 Å². The Balaban J connectivity index is 2.81. The smallest absolute Gasteiger partial charge is 0.255 e. The number of aryl methyl sites for hydroxylation is 3. The van der Waals surface area contributed by atoms with Crippen LogP contribution in [-0.2, 0) is 16.2 Å². The highest BCUT2D eigenvalue weighted by Crippen LogP contribution is 2.18. The van der Waals surface area contributed by atoms with Gasteiger partial charge >= 0.3 is 5.97 Å². The van der Waals surface area contributed by atoms with Crippen molar-refractivity contribution < 1.29 is 14.3 Å². The fraction of sp³-hybridized carbons (Fsp3) is 0.417. The molecule has 2 nitrogen and oxygen atoms in total. The van der Waals surface area contributed by atoms with Crippen molar-refractivity contribution in [2.75, 3.05) is 0 Å². The van der Waals surface area contributed by atoms with Crippen LogP contribution in [0.5, 0.6) is 0 Å². The molecule has 0 saturated heterocycles. The third-order valence-corrected chi connectivity index (χ3v) is 2.51. The molecule has 1 aromatic rings. The van der Waals surface area contributed by atoms with E-state index in [1.165, 1.54) is 5.56 Å². The Bertz CT molecular complexity index is 349. The van der Waals surface area contributed by atoms with Crippen LogP contribution in [0.4, 0.5) is 4.53 Å². The zero-order valence-electron chi connectivity index (χ0n) is 9.26. The summed E-state index contributed by atoms with van der Waals surface area (Å²) in [5.41, 5.74) is 4.58. The molecule has 0 aliphatic rings. The fourth-order valence-electron chi connectivity index (χ4n) is 1.87. The van der Waals surface area contributed by atoms with E-state index in [0.717, 1.165) is 16.7 Å². The van der Waals surface area contributed by atoms with Crippen LogP contribution in [0.3, 0.4) is 0 Å². The van der Waals surface area contributed by atoms with Gasteiger partial charge in [-0.15, -0.1) is 0 Å². The Morgan fingerprint density at radius 1 is 1.27 bits per heavy atom. The van der Waals surface area contributed by atoms with Gasteiger partial charge in [0.25, 0.3) is 0 Å². The van der Waals surface area contributed by atoms with Gasteiger partial charge in [-0.05, 0) is 43.9 Å². The minimum atomic E-state index is -0.811. The van der Waals surface area contributed by atoms with Gasteiger partial charge in [0, 0.05) is 4.53 Å². The number of benzene rings is 1. The van der Waals surface area contributed by atoms with Gasteiger partial charge in [0.2, 0.25) is 0 Å². The molecule has 0 N–H and O–H groups in total. The lowest BCUT2D eigenvalue weighted by atomic mass is 9.96. The van der Waals surface area contributed by atoms with Gasteiger partial charge in [-0.2, -0.15) is 0 Å². The van der Waals surface area contributed by atoms with Crippen LogP contribution < -0.4 is 0 Å². The van der Waals surface area contributed by atoms with E-state index in [2.05, 4.69) is 17.1 Å². The third kappa shape index (κ3) is 3.05. The average molecular weight is 210 g/mol. The van der Waals surface area contributed by atoms with Gasteiger partial charge in [0.05, 0.1) is 6.42 Å². The number of carbonyl (C=O) groups excluding carboxylic acids is 1. The standard InChI is InChI=1S/C12H15FO2/c1-8-6-9(2)11(10(3)7-8)4-5-12(14)15-13/h6-7H,4-5H2,1-3H3. The summed E-state index contributed by atoms with van der Waals surface area (Å²) in [6.45, 7) is 6.02. The zero-order valence-corrected chi connectivity index (χ0v) is 9.26. The Morgan fingerprint density at radius 2 is 1.80 bits per heavy atom. The minimum Gasteiger partial charge on any atom is -0.255 e. The molecular weight excluding hydrogens is 195 g/mol. The first kappa shape index (κ1) is 11.7. The predicted molar refractivity (Wildman–Crippen MR) is 56.2 cm³/mol. The molecule has 0 unspecified atom stereocenters. The molecule has 0 aromatic heterocycles. The quantitative estimate of drug-likeness (QED) is 0.766. The van der Waals surface area contributed by atoms with Crippen molar-refractivity contribution in [3.63, 3.8) is 0 Å². The molecule has 0 radical (unpaired) electrons. The third-order valence-electron chi connectivity index (χ3n) is 2.51. The van der Waals surface area contributed by atoms with Crippen LogP contribution in [-0.4, -0.2) is 5.97 Å². The van der Waals surface area contributed by atoms with Gasteiger partial charge < -0.3 is 0 Å². The number of carbonyl (C=O) groups is 1. The van der Waals surface area contributed by atoms with Crippen molar-refractivity contribution >= 4 is 5.97 Å². The second-order valence-corrected chi connectivity index (χ2v) is 3.83. The van der Waals surface area contributed by atoms with Crippen molar-refractivity contribution in [1.82, 2.24) is 0 Å². The highest BCUT2D eigenvalue weighted by molar-refractivity contribution is 5.69. The maximum atomic E-state index is 11.5. The molecule has 0 aliphatic heterocycles. The second-order valence-electron chi connectivity index (χ2n) is 3.83. The summed E-state index contributed by atoms with van der Waals surface area (Å²) in [6.07, 6.45) is 0.613. The van der Waals surface area contributed by atoms with E-state index >= 15 is 0 Å². The zero-order chi connectivity index (χ0) is 11.4. The lowest BCUT2D eigenvalue weighted by molar-refractivity contribution is -0.183. The molecule has 15 heavy (non-hydrogen) atoms. The Kier molecular flexibility index (Phi) is 3.83. The molecule has 0 aliphatic carbocycles. The molecule has 0 bridgehead atoms. The SMILES string of the molecule is Cc1cc(C)c(CCC(=O)OF)c(C)c1. The normalized spacial score (nSPS) is 10.1.